The van der Waals surface area contributed by atoms with Gasteiger partial charge in [-0.05, 0) is 43.1 Å². The highest BCUT2D eigenvalue weighted by molar-refractivity contribution is 7.89. The molecule has 0 bridgehead atoms. The molecule has 1 aromatic heterocycles. The molecule has 3 N–H and O–H groups in total. The van der Waals surface area contributed by atoms with Crippen LogP contribution in [0.1, 0.15) is 30.9 Å². The number of pyridine rings is 1. The maximum Gasteiger partial charge on any atom is 0.307 e. The SMILES string of the molecule is COC(=O)CC(NS(=O)(=O)c1cccc(OCCCCN)c1)c1cccnc1. The number of esters is 1. The minimum atomic E-state index is -3.90. The molecule has 0 aliphatic carbocycles. The van der Waals surface area contributed by atoms with E-state index in [0.717, 1.165) is 12.8 Å². The molecule has 1 unspecified atom stereocenters. The van der Waals surface area contributed by atoms with E-state index in [2.05, 4.69) is 14.4 Å². The molecule has 9 heteroatoms. The van der Waals surface area contributed by atoms with E-state index >= 15 is 0 Å². The van der Waals surface area contributed by atoms with Gasteiger partial charge in [-0.15, -0.1) is 0 Å². The lowest BCUT2D eigenvalue weighted by Crippen LogP contribution is -2.30. The van der Waals surface area contributed by atoms with Gasteiger partial charge in [-0.1, -0.05) is 12.1 Å². The quantitative estimate of drug-likeness (QED) is 0.430. The van der Waals surface area contributed by atoms with Crippen molar-refractivity contribution in [2.45, 2.75) is 30.2 Å². The van der Waals surface area contributed by atoms with Crippen molar-refractivity contribution in [1.29, 1.82) is 0 Å². The van der Waals surface area contributed by atoms with E-state index in [1.54, 1.807) is 30.5 Å². The third kappa shape index (κ3) is 6.59. The number of benzene rings is 1. The maximum atomic E-state index is 12.9. The third-order valence-electron chi connectivity index (χ3n) is 3.97. The van der Waals surface area contributed by atoms with Gasteiger partial charge in [0, 0.05) is 18.5 Å². The summed E-state index contributed by atoms with van der Waals surface area (Å²) in [6, 6.07) is 8.77. The molecule has 0 amide bonds. The molecule has 0 aliphatic rings. The number of sulfonamides is 1. The number of aromatic nitrogens is 1. The number of nitrogens with two attached hydrogens (primary N) is 1. The van der Waals surface area contributed by atoms with Crippen molar-refractivity contribution < 1.29 is 22.7 Å². The number of carbonyl (C=O) groups excluding carboxylic acids is 1. The number of ether oxygens (including phenoxy) is 2. The Morgan fingerprint density at radius 3 is 2.75 bits per heavy atom. The van der Waals surface area contributed by atoms with Crippen LogP contribution in [0.2, 0.25) is 0 Å². The Balaban J connectivity index is 2.18. The molecule has 152 valence electrons. The standard InChI is InChI=1S/C19H25N3O5S/c1-26-19(23)13-18(15-6-5-10-21-14-15)22-28(24,25)17-8-4-7-16(12-17)27-11-3-2-9-20/h4-8,10,12,14,18,22H,2-3,9,11,13,20H2,1H3. The van der Waals surface area contributed by atoms with Crippen LogP contribution in [-0.2, 0) is 19.6 Å². The summed E-state index contributed by atoms with van der Waals surface area (Å²) in [7, 11) is -2.65. The first kappa shape index (κ1) is 21.8. The zero-order valence-corrected chi connectivity index (χ0v) is 16.5. The van der Waals surface area contributed by atoms with Crippen LogP contribution < -0.4 is 15.2 Å². The second-order valence-corrected chi connectivity index (χ2v) is 7.77. The summed E-state index contributed by atoms with van der Waals surface area (Å²) < 4.78 is 38.5. The highest BCUT2D eigenvalue weighted by atomic mass is 32.2. The number of nitrogens with one attached hydrogen (secondary N) is 1. The first-order valence-electron chi connectivity index (χ1n) is 8.88. The lowest BCUT2D eigenvalue weighted by Gasteiger charge is -2.18. The number of methoxy groups -OCH3 is 1. The number of rotatable bonds is 11. The van der Waals surface area contributed by atoms with Crippen molar-refractivity contribution in [3.05, 3.63) is 54.4 Å². The summed E-state index contributed by atoms with van der Waals surface area (Å²) in [5.74, 6) is -0.0840. The first-order chi connectivity index (χ1) is 13.5. The predicted molar refractivity (Wildman–Crippen MR) is 104 cm³/mol. The summed E-state index contributed by atoms with van der Waals surface area (Å²) in [6.45, 7) is 1.03. The Morgan fingerprint density at radius 1 is 1.25 bits per heavy atom. The molecule has 8 nitrogen and oxygen atoms in total. The molecular formula is C19H25N3O5S. The average molecular weight is 407 g/mol. The third-order valence-corrected chi connectivity index (χ3v) is 5.44. The van der Waals surface area contributed by atoms with Crippen molar-refractivity contribution in [1.82, 2.24) is 9.71 Å². The van der Waals surface area contributed by atoms with Crippen LogP contribution in [0.3, 0.4) is 0 Å². The Kier molecular flexibility index (Phi) is 8.37. The van der Waals surface area contributed by atoms with Gasteiger partial charge in [-0.2, -0.15) is 0 Å². The molecule has 1 atom stereocenters. The predicted octanol–water partition coefficient (Wildman–Crippen LogP) is 1.78. The fraction of sp³-hybridized carbons (Fsp3) is 0.368. The van der Waals surface area contributed by atoms with Gasteiger partial charge in [-0.25, -0.2) is 13.1 Å². The molecule has 2 rings (SSSR count). The van der Waals surface area contributed by atoms with Crippen molar-refractivity contribution in [3.63, 3.8) is 0 Å². The first-order valence-corrected chi connectivity index (χ1v) is 10.4. The van der Waals surface area contributed by atoms with Crippen molar-refractivity contribution in [2.24, 2.45) is 5.73 Å². The smallest absolute Gasteiger partial charge is 0.307 e. The molecule has 28 heavy (non-hydrogen) atoms. The minimum Gasteiger partial charge on any atom is -0.494 e. The molecule has 0 fully saturated rings. The van der Waals surface area contributed by atoms with Gasteiger partial charge in [0.25, 0.3) is 0 Å². The zero-order valence-electron chi connectivity index (χ0n) is 15.7. The van der Waals surface area contributed by atoms with Crippen LogP contribution in [0.25, 0.3) is 0 Å². The van der Waals surface area contributed by atoms with E-state index in [0.29, 0.717) is 24.5 Å². The zero-order chi connectivity index (χ0) is 20.4. The van der Waals surface area contributed by atoms with Gasteiger partial charge in [0.2, 0.25) is 10.0 Å². The lowest BCUT2D eigenvalue weighted by atomic mass is 10.1. The number of hydrogen-bond donors (Lipinski definition) is 2. The summed E-state index contributed by atoms with van der Waals surface area (Å²) in [6.07, 6.45) is 4.54. The molecule has 1 heterocycles. The van der Waals surface area contributed by atoms with Crippen molar-refractivity contribution >= 4 is 16.0 Å². The Hall–Kier alpha value is -2.49. The molecule has 0 saturated heterocycles. The van der Waals surface area contributed by atoms with Gasteiger partial charge in [-0.3, -0.25) is 9.78 Å². The normalized spacial score (nSPS) is 12.4. The second kappa shape index (κ2) is 10.7. The average Bonchev–Trinajstić information content (AvgIpc) is 2.71. The van der Waals surface area contributed by atoms with Gasteiger partial charge in [0.15, 0.2) is 0 Å². The van der Waals surface area contributed by atoms with Crippen LogP contribution in [-0.4, -0.2) is 39.6 Å². The minimum absolute atomic E-state index is 0.0441. The number of carbonyl (C=O) groups is 1. The number of unbranched alkanes of at least 4 members (excludes halogenated alkanes) is 1. The van der Waals surface area contributed by atoms with E-state index in [-0.39, 0.29) is 11.3 Å². The molecule has 1 aromatic carbocycles. The summed E-state index contributed by atoms with van der Waals surface area (Å²) in [4.78, 5) is 15.8. The maximum absolute atomic E-state index is 12.9. The molecule has 0 aliphatic heterocycles. The highest BCUT2D eigenvalue weighted by Gasteiger charge is 2.24. The van der Waals surface area contributed by atoms with E-state index in [1.807, 2.05) is 0 Å². The van der Waals surface area contributed by atoms with Crippen LogP contribution in [0.15, 0.2) is 53.7 Å². The summed E-state index contributed by atoms with van der Waals surface area (Å²) >= 11 is 0. The highest BCUT2D eigenvalue weighted by Crippen LogP contribution is 2.23. The second-order valence-electron chi connectivity index (χ2n) is 6.06. The Bertz CT molecular complexity index is 859. The van der Waals surface area contributed by atoms with Gasteiger partial charge >= 0.3 is 5.97 Å². The monoisotopic (exact) mass is 407 g/mol. The van der Waals surface area contributed by atoms with Crippen LogP contribution in [0, 0.1) is 0 Å². The summed E-state index contributed by atoms with van der Waals surface area (Å²) in [5.41, 5.74) is 6.01. The van der Waals surface area contributed by atoms with Gasteiger partial charge in [0.05, 0.1) is 31.1 Å². The van der Waals surface area contributed by atoms with E-state index < -0.39 is 22.0 Å². The number of hydrogen-bond acceptors (Lipinski definition) is 7. The molecule has 0 spiro atoms. The van der Waals surface area contributed by atoms with Crippen LogP contribution in [0.4, 0.5) is 0 Å². The topological polar surface area (TPSA) is 121 Å². The van der Waals surface area contributed by atoms with Crippen LogP contribution >= 0.6 is 0 Å². The number of nitrogens with zero attached hydrogens (tertiary/aromatic N) is 1. The molecule has 0 radical (unpaired) electrons. The van der Waals surface area contributed by atoms with E-state index in [4.69, 9.17) is 10.5 Å². The fourth-order valence-electron chi connectivity index (χ4n) is 2.48. The largest absolute Gasteiger partial charge is 0.494 e. The van der Waals surface area contributed by atoms with Gasteiger partial charge < -0.3 is 15.2 Å². The van der Waals surface area contributed by atoms with E-state index in [1.165, 1.54) is 25.4 Å². The molecule has 2 aromatic rings. The molecule has 0 saturated carbocycles. The van der Waals surface area contributed by atoms with E-state index in [9.17, 15) is 13.2 Å². The lowest BCUT2D eigenvalue weighted by molar-refractivity contribution is -0.141. The van der Waals surface area contributed by atoms with Crippen molar-refractivity contribution in [3.8, 4) is 5.75 Å². The van der Waals surface area contributed by atoms with Crippen molar-refractivity contribution in [2.75, 3.05) is 20.3 Å². The molecular weight excluding hydrogens is 382 g/mol. The van der Waals surface area contributed by atoms with Crippen LogP contribution in [0.5, 0.6) is 5.75 Å². The fourth-order valence-corrected chi connectivity index (χ4v) is 3.74. The summed E-state index contributed by atoms with van der Waals surface area (Å²) in [5, 5.41) is 0. The van der Waals surface area contributed by atoms with Gasteiger partial charge in [0.1, 0.15) is 5.75 Å². The Morgan fingerprint density at radius 2 is 2.07 bits per heavy atom. The Labute approximate surface area is 165 Å².